The maximum atomic E-state index is 11.2. The minimum atomic E-state index is -0.996. The molecule has 12 heavy (non-hydrogen) atoms. The number of esters is 1. The summed E-state index contributed by atoms with van der Waals surface area (Å²) in [5, 5.41) is 0. The van der Waals surface area contributed by atoms with Gasteiger partial charge in [-0.1, -0.05) is 0 Å². The third kappa shape index (κ3) is 0.724. The second kappa shape index (κ2) is 2.22. The molecule has 0 radical (unpaired) electrons. The number of carbonyl (C=O) groups excluding carboxylic acids is 2. The lowest BCUT2D eigenvalue weighted by molar-refractivity contribution is -0.142. The summed E-state index contributed by atoms with van der Waals surface area (Å²) in [6.07, 6.45) is 1.31. The molecule has 0 aromatic carbocycles. The zero-order valence-electron chi connectivity index (χ0n) is 6.67. The van der Waals surface area contributed by atoms with Crippen LogP contribution in [-0.2, 0) is 14.3 Å². The molecule has 2 aliphatic carbocycles. The van der Waals surface area contributed by atoms with Gasteiger partial charge in [0.05, 0.1) is 13.0 Å². The molecule has 66 valence electrons. The Kier molecular flexibility index (Phi) is 1.49. The van der Waals surface area contributed by atoms with E-state index in [0.29, 0.717) is 6.42 Å². The summed E-state index contributed by atoms with van der Waals surface area (Å²) in [4.78, 5) is 21.3. The molecule has 0 N–H and O–H groups in total. The Hall–Kier alpha value is -0.570. The fraction of sp³-hybridized carbons (Fsp3) is 0.750. The van der Waals surface area contributed by atoms with Crippen LogP contribution in [0.4, 0.5) is 0 Å². The summed E-state index contributed by atoms with van der Waals surface area (Å²) in [5.74, 6) is -0.557. The van der Waals surface area contributed by atoms with Crippen LogP contribution >= 0.6 is 11.6 Å². The Morgan fingerprint density at radius 1 is 1.75 bits per heavy atom. The van der Waals surface area contributed by atoms with E-state index in [-0.39, 0.29) is 17.6 Å². The fourth-order valence-electron chi connectivity index (χ4n) is 2.15. The van der Waals surface area contributed by atoms with Crippen molar-refractivity contribution >= 4 is 23.4 Å². The average Bonchev–Trinajstić information content (AvgIpc) is 2.44. The van der Waals surface area contributed by atoms with Crippen LogP contribution < -0.4 is 0 Å². The summed E-state index contributed by atoms with van der Waals surface area (Å²) in [6.45, 7) is 0. The number of hydrogen-bond donors (Lipinski definition) is 0. The van der Waals surface area contributed by atoms with E-state index >= 15 is 0 Å². The second-order valence-electron chi connectivity index (χ2n) is 3.35. The van der Waals surface area contributed by atoms with Crippen LogP contribution in [0.1, 0.15) is 12.8 Å². The van der Waals surface area contributed by atoms with Crippen molar-refractivity contribution in [2.45, 2.75) is 17.7 Å². The van der Waals surface area contributed by atoms with Gasteiger partial charge in [-0.05, 0) is 6.42 Å². The highest BCUT2D eigenvalue weighted by Crippen LogP contribution is 2.63. The van der Waals surface area contributed by atoms with E-state index < -0.39 is 10.8 Å². The summed E-state index contributed by atoms with van der Waals surface area (Å²) in [5.41, 5.74) is 0. The molecular formula is C8H9ClO3. The first kappa shape index (κ1) is 8.05. The van der Waals surface area contributed by atoms with Gasteiger partial charge in [0.2, 0.25) is 0 Å². The Morgan fingerprint density at radius 2 is 2.42 bits per heavy atom. The predicted octanol–water partition coefficient (Wildman–Crippen LogP) is 0.746. The molecule has 0 aromatic heterocycles. The Labute approximate surface area is 75.0 Å². The van der Waals surface area contributed by atoms with Gasteiger partial charge < -0.3 is 4.74 Å². The number of halogens is 1. The highest BCUT2D eigenvalue weighted by Gasteiger charge is 2.74. The van der Waals surface area contributed by atoms with Crippen molar-refractivity contribution in [2.75, 3.05) is 7.11 Å². The molecule has 0 amide bonds. The second-order valence-corrected chi connectivity index (χ2v) is 3.97. The van der Waals surface area contributed by atoms with Gasteiger partial charge in [-0.3, -0.25) is 9.59 Å². The minimum Gasteiger partial charge on any atom is -0.468 e. The van der Waals surface area contributed by atoms with Crippen molar-refractivity contribution in [3.8, 4) is 0 Å². The first-order chi connectivity index (χ1) is 5.62. The van der Waals surface area contributed by atoms with E-state index in [9.17, 15) is 9.59 Å². The molecule has 2 fully saturated rings. The van der Waals surface area contributed by atoms with Crippen LogP contribution in [0, 0.1) is 11.8 Å². The summed E-state index contributed by atoms with van der Waals surface area (Å²) in [6, 6.07) is 0. The summed E-state index contributed by atoms with van der Waals surface area (Å²) < 4.78 is 4.54. The maximum absolute atomic E-state index is 11.2. The molecule has 0 aliphatic heterocycles. The van der Waals surface area contributed by atoms with Crippen LogP contribution in [0.2, 0.25) is 0 Å². The zero-order chi connectivity index (χ0) is 8.93. The monoisotopic (exact) mass is 188 g/mol. The molecular weight excluding hydrogens is 180 g/mol. The lowest BCUT2D eigenvalue weighted by atomic mass is 10.1. The number of Topliss-reactive ketones (excluding diaryl/α,β-unsaturated/α-hetero) is 1. The molecule has 2 rings (SSSR count). The molecule has 0 spiro atoms. The van der Waals surface area contributed by atoms with Gasteiger partial charge in [0.1, 0.15) is 5.78 Å². The van der Waals surface area contributed by atoms with Crippen LogP contribution in [-0.4, -0.2) is 23.7 Å². The quantitative estimate of drug-likeness (QED) is 0.451. The van der Waals surface area contributed by atoms with Gasteiger partial charge in [-0.15, -0.1) is 11.6 Å². The van der Waals surface area contributed by atoms with Gasteiger partial charge in [-0.25, -0.2) is 0 Å². The predicted molar refractivity (Wildman–Crippen MR) is 41.8 cm³/mol. The van der Waals surface area contributed by atoms with Crippen molar-refractivity contribution in [3.05, 3.63) is 0 Å². The Balaban J connectivity index is 2.19. The van der Waals surface area contributed by atoms with Crippen molar-refractivity contribution in [2.24, 2.45) is 11.8 Å². The van der Waals surface area contributed by atoms with E-state index in [1.54, 1.807) is 0 Å². The molecule has 0 heterocycles. The molecule has 0 saturated heterocycles. The van der Waals surface area contributed by atoms with E-state index in [1.807, 2.05) is 0 Å². The number of fused-ring (bicyclic) bond motifs is 1. The molecule has 2 saturated carbocycles. The van der Waals surface area contributed by atoms with Crippen molar-refractivity contribution in [1.82, 2.24) is 0 Å². The van der Waals surface area contributed by atoms with Gasteiger partial charge in [0.25, 0.3) is 0 Å². The molecule has 3 nitrogen and oxygen atoms in total. The summed E-state index contributed by atoms with van der Waals surface area (Å²) in [7, 11) is 1.30. The molecule has 0 unspecified atom stereocenters. The number of methoxy groups -OCH3 is 1. The van der Waals surface area contributed by atoms with Crippen LogP contribution in [0.15, 0.2) is 0 Å². The van der Waals surface area contributed by atoms with Gasteiger partial charge >= 0.3 is 5.97 Å². The van der Waals surface area contributed by atoms with Crippen molar-refractivity contribution < 1.29 is 14.3 Å². The first-order valence-corrected chi connectivity index (χ1v) is 4.30. The number of ketones is 1. The largest absolute Gasteiger partial charge is 0.468 e. The lowest BCUT2D eigenvalue weighted by Gasteiger charge is -2.08. The highest BCUT2D eigenvalue weighted by molar-refractivity contribution is 6.39. The van der Waals surface area contributed by atoms with Gasteiger partial charge in [-0.2, -0.15) is 0 Å². The maximum Gasteiger partial charge on any atom is 0.328 e. The molecule has 3 atom stereocenters. The van der Waals surface area contributed by atoms with E-state index in [4.69, 9.17) is 11.6 Å². The van der Waals surface area contributed by atoms with Crippen molar-refractivity contribution in [1.29, 1.82) is 0 Å². The van der Waals surface area contributed by atoms with E-state index in [0.717, 1.165) is 6.42 Å². The SMILES string of the molecule is COC(=O)[C@@]1(Cl)[C@@H]2C(=O)CC[C@@H]21. The van der Waals surface area contributed by atoms with Gasteiger partial charge in [0, 0.05) is 12.3 Å². The average molecular weight is 189 g/mol. The number of alkyl halides is 1. The first-order valence-electron chi connectivity index (χ1n) is 3.92. The van der Waals surface area contributed by atoms with Gasteiger partial charge in [0.15, 0.2) is 4.87 Å². The lowest BCUT2D eigenvalue weighted by Crippen LogP contribution is -2.25. The van der Waals surface area contributed by atoms with Crippen LogP contribution in [0.25, 0.3) is 0 Å². The molecule has 4 heteroatoms. The molecule has 0 bridgehead atoms. The number of ether oxygens (including phenoxy) is 1. The van der Waals surface area contributed by atoms with Crippen molar-refractivity contribution in [3.63, 3.8) is 0 Å². The number of hydrogen-bond acceptors (Lipinski definition) is 3. The zero-order valence-corrected chi connectivity index (χ0v) is 7.43. The number of carbonyl (C=O) groups is 2. The molecule has 0 aromatic rings. The van der Waals surface area contributed by atoms with E-state index in [2.05, 4.69) is 4.74 Å². The Bertz CT molecular complexity index is 263. The molecule has 2 aliphatic rings. The smallest absolute Gasteiger partial charge is 0.328 e. The minimum absolute atomic E-state index is 0.0408. The standard InChI is InChI=1S/C8H9ClO3/c1-12-7(11)8(9)4-2-3-5(10)6(4)8/h4,6H,2-3H2,1H3/t4-,6-,8-/m0/s1. The van der Waals surface area contributed by atoms with E-state index in [1.165, 1.54) is 7.11 Å². The Morgan fingerprint density at radius 3 is 2.83 bits per heavy atom. The number of rotatable bonds is 1. The third-order valence-electron chi connectivity index (χ3n) is 2.83. The topological polar surface area (TPSA) is 43.4 Å². The fourth-order valence-corrected chi connectivity index (χ4v) is 2.67. The summed E-state index contributed by atoms with van der Waals surface area (Å²) >= 11 is 5.96. The highest BCUT2D eigenvalue weighted by atomic mass is 35.5. The van der Waals surface area contributed by atoms with Crippen LogP contribution in [0.3, 0.4) is 0 Å². The third-order valence-corrected chi connectivity index (χ3v) is 3.50. The normalized spacial score (nSPS) is 44.0. The van der Waals surface area contributed by atoms with Crippen LogP contribution in [0.5, 0.6) is 0 Å².